The molecule has 2 aliphatic rings. The molecule has 12 heavy (non-hydrogen) atoms. The molecular formula is C9H14N2S. The van der Waals surface area contributed by atoms with Crippen molar-refractivity contribution >= 4 is 17.7 Å². The molecule has 66 valence electrons. The van der Waals surface area contributed by atoms with E-state index in [0.717, 1.165) is 5.92 Å². The van der Waals surface area contributed by atoms with Crippen molar-refractivity contribution in [2.75, 3.05) is 0 Å². The van der Waals surface area contributed by atoms with E-state index < -0.39 is 0 Å². The first kappa shape index (κ1) is 8.17. The molecule has 1 N–H and O–H groups in total. The van der Waals surface area contributed by atoms with E-state index in [1.165, 1.54) is 37.8 Å². The van der Waals surface area contributed by atoms with Crippen molar-refractivity contribution in [2.45, 2.75) is 32.1 Å². The lowest BCUT2D eigenvalue weighted by Gasteiger charge is -2.22. The molecule has 3 heteroatoms. The average molecular weight is 182 g/mol. The van der Waals surface area contributed by atoms with Crippen molar-refractivity contribution in [1.29, 1.82) is 0 Å². The van der Waals surface area contributed by atoms with Crippen molar-refractivity contribution in [3.8, 4) is 0 Å². The highest BCUT2D eigenvalue weighted by Crippen LogP contribution is 2.26. The number of nitrogens with one attached hydrogen (secondary N) is 1. The molecule has 1 heterocycles. The molecule has 0 aromatic heterocycles. The Kier molecular flexibility index (Phi) is 2.71. The maximum Gasteiger partial charge on any atom is 0.0649 e. The first-order valence-corrected chi connectivity index (χ1v) is 5.49. The first-order chi connectivity index (χ1) is 5.97. The van der Waals surface area contributed by atoms with Crippen molar-refractivity contribution in [1.82, 2.24) is 4.83 Å². The predicted molar refractivity (Wildman–Crippen MR) is 53.9 cm³/mol. The van der Waals surface area contributed by atoms with Crippen LogP contribution in [0.1, 0.15) is 32.1 Å². The molecule has 0 amide bonds. The highest BCUT2D eigenvalue weighted by Gasteiger charge is 2.18. The first-order valence-electron chi connectivity index (χ1n) is 4.61. The minimum Gasteiger partial charge on any atom is -0.247 e. The Morgan fingerprint density at radius 1 is 1.33 bits per heavy atom. The largest absolute Gasteiger partial charge is 0.247 e. The number of rotatable bonds is 1. The number of allylic oxidation sites excluding steroid dienone is 1. The highest BCUT2D eigenvalue weighted by molar-refractivity contribution is 8.00. The average Bonchev–Trinajstić information content (AvgIpc) is 2.21. The Morgan fingerprint density at radius 3 is 2.83 bits per heavy atom. The molecule has 0 radical (unpaired) electrons. The minimum atomic E-state index is 0.725. The molecule has 2 rings (SSSR count). The van der Waals surface area contributed by atoms with E-state index >= 15 is 0 Å². The standard InChI is InChI=1S/C9H14N2S/c1-2-4-8(5-3-1)9-6-7-12-11-10-9/h6-8,11H,1-5H2. The Hall–Kier alpha value is -0.440. The van der Waals surface area contributed by atoms with Gasteiger partial charge in [-0.3, -0.25) is 0 Å². The number of nitrogens with zero attached hydrogens (tertiary/aromatic N) is 1. The Balaban J connectivity index is 1.97. The predicted octanol–water partition coefficient (Wildman–Crippen LogP) is 2.69. The van der Waals surface area contributed by atoms with Crippen LogP contribution in [0.25, 0.3) is 0 Å². The summed E-state index contributed by atoms with van der Waals surface area (Å²) in [5.41, 5.74) is 1.26. The zero-order chi connectivity index (χ0) is 8.23. The summed E-state index contributed by atoms with van der Waals surface area (Å²) in [5.74, 6) is 0.725. The maximum absolute atomic E-state index is 4.30. The fourth-order valence-electron chi connectivity index (χ4n) is 1.88. The summed E-state index contributed by atoms with van der Waals surface area (Å²) in [6.07, 6.45) is 8.98. The van der Waals surface area contributed by atoms with E-state index in [2.05, 4.69) is 21.4 Å². The number of hydrazone groups is 1. The van der Waals surface area contributed by atoms with Crippen molar-refractivity contribution in [3.63, 3.8) is 0 Å². The van der Waals surface area contributed by atoms with Crippen LogP contribution < -0.4 is 4.83 Å². The van der Waals surface area contributed by atoms with Gasteiger partial charge in [0.15, 0.2) is 0 Å². The summed E-state index contributed by atoms with van der Waals surface area (Å²) in [5, 5.41) is 6.38. The molecule has 0 aromatic rings. The second kappa shape index (κ2) is 3.99. The van der Waals surface area contributed by atoms with Crippen molar-refractivity contribution < 1.29 is 0 Å². The normalized spacial score (nSPS) is 24.8. The fourth-order valence-corrected chi connectivity index (χ4v) is 2.30. The maximum atomic E-state index is 4.30. The van der Waals surface area contributed by atoms with E-state index in [1.54, 1.807) is 11.9 Å². The van der Waals surface area contributed by atoms with E-state index in [-0.39, 0.29) is 0 Å². The molecule has 0 spiro atoms. The van der Waals surface area contributed by atoms with Gasteiger partial charge in [-0.1, -0.05) is 19.3 Å². The summed E-state index contributed by atoms with van der Waals surface area (Å²) in [7, 11) is 0. The van der Waals surface area contributed by atoms with Crippen LogP contribution in [0.15, 0.2) is 16.6 Å². The zero-order valence-corrected chi connectivity index (χ0v) is 7.94. The van der Waals surface area contributed by atoms with Crippen LogP contribution in [0.5, 0.6) is 0 Å². The second-order valence-electron chi connectivity index (χ2n) is 3.38. The lowest BCUT2D eigenvalue weighted by molar-refractivity contribution is 0.439. The summed E-state index contributed by atoms with van der Waals surface area (Å²) in [6.45, 7) is 0. The fraction of sp³-hybridized carbons (Fsp3) is 0.667. The van der Waals surface area contributed by atoms with Crippen molar-refractivity contribution in [2.24, 2.45) is 11.0 Å². The summed E-state index contributed by atoms with van der Waals surface area (Å²) in [4.78, 5) is 2.95. The number of hydrogen-bond acceptors (Lipinski definition) is 3. The smallest absolute Gasteiger partial charge is 0.0649 e. The van der Waals surface area contributed by atoms with E-state index in [9.17, 15) is 0 Å². The zero-order valence-electron chi connectivity index (χ0n) is 7.12. The van der Waals surface area contributed by atoms with Crippen LogP contribution in [-0.2, 0) is 0 Å². The molecule has 2 nitrogen and oxygen atoms in total. The molecule has 1 aliphatic heterocycles. The topological polar surface area (TPSA) is 24.4 Å². The molecule has 0 bridgehead atoms. The molecule has 0 atom stereocenters. The monoisotopic (exact) mass is 182 g/mol. The summed E-state index contributed by atoms with van der Waals surface area (Å²) in [6, 6.07) is 0. The molecule has 1 fully saturated rings. The quantitative estimate of drug-likeness (QED) is 0.630. The Morgan fingerprint density at radius 2 is 2.17 bits per heavy atom. The summed E-state index contributed by atoms with van der Waals surface area (Å²) < 4.78 is 0. The SMILES string of the molecule is C1=CC(C2CCCCC2)=NNS1. The molecule has 0 aromatic carbocycles. The van der Waals surface area contributed by atoms with Gasteiger partial charge in [-0.05, 0) is 36.3 Å². The summed E-state index contributed by atoms with van der Waals surface area (Å²) >= 11 is 1.54. The Labute approximate surface area is 77.6 Å². The van der Waals surface area contributed by atoms with Crippen LogP contribution in [0.2, 0.25) is 0 Å². The Bertz CT molecular complexity index is 205. The van der Waals surface area contributed by atoms with E-state index in [4.69, 9.17) is 0 Å². The van der Waals surface area contributed by atoms with Gasteiger partial charge in [-0.25, -0.2) is 4.83 Å². The van der Waals surface area contributed by atoms with Gasteiger partial charge < -0.3 is 0 Å². The van der Waals surface area contributed by atoms with Gasteiger partial charge in [0.05, 0.1) is 5.71 Å². The van der Waals surface area contributed by atoms with Crippen LogP contribution in [0, 0.1) is 5.92 Å². The molecule has 0 unspecified atom stereocenters. The van der Waals surface area contributed by atoms with Crippen LogP contribution >= 0.6 is 11.9 Å². The van der Waals surface area contributed by atoms with E-state index in [0.29, 0.717) is 0 Å². The van der Waals surface area contributed by atoms with Crippen LogP contribution in [0.4, 0.5) is 0 Å². The van der Waals surface area contributed by atoms with Gasteiger partial charge in [0.1, 0.15) is 0 Å². The van der Waals surface area contributed by atoms with Gasteiger partial charge in [0.25, 0.3) is 0 Å². The second-order valence-corrected chi connectivity index (χ2v) is 4.07. The lowest BCUT2D eigenvalue weighted by Crippen LogP contribution is -2.19. The van der Waals surface area contributed by atoms with Gasteiger partial charge in [0.2, 0.25) is 0 Å². The van der Waals surface area contributed by atoms with Gasteiger partial charge in [-0.15, -0.1) is 0 Å². The molecule has 1 aliphatic carbocycles. The van der Waals surface area contributed by atoms with Crippen LogP contribution in [-0.4, -0.2) is 5.71 Å². The van der Waals surface area contributed by atoms with Crippen molar-refractivity contribution in [3.05, 3.63) is 11.5 Å². The van der Waals surface area contributed by atoms with Crippen LogP contribution in [0.3, 0.4) is 0 Å². The van der Waals surface area contributed by atoms with Gasteiger partial charge >= 0.3 is 0 Å². The lowest BCUT2D eigenvalue weighted by atomic mass is 9.86. The molecular weight excluding hydrogens is 168 g/mol. The number of hydrogen-bond donors (Lipinski definition) is 1. The third-order valence-electron chi connectivity index (χ3n) is 2.56. The molecule has 0 saturated heterocycles. The third kappa shape index (κ3) is 1.83. The molecule has 1 saturated carbocycles. The minimum absolute atomic E-state index is 0.725. The van der Waals surface area contributed by atoms with E-state index in [1.807, 2.05) is 0 Å². The third-order valence-corrected chi connectivity index (χ3v) is 3.03. The van der Waals surface area contributed by atoms with Gasteiger partial charge in [0, 0.05) is 5.92 Å². The highest BCUT2D eigenvalue weighted by atomic mass is 32.2. The van der Waals surface area contributed by atoms with Gasteiger partial charge in [-0.2, -0.15) is 5.10 Å².